The average Bonchev–Trinajstić information content (AvgIpc) is 2.67. The van der Waals surface area contributed by atoms with Crippen LogP contribution in [0.5, 0.6) is 5.75 Å². The first-order valence-electron chi connectivity index (χ1n) is 4.13. The minimum absolute atomic E-state index is 0.288. The fourth-order valence-electron chi connectivity index (χ4n) is 1.66. The van der Waals surface area contributed by atoms with Gasteiger partial charge in [-0.25, -0.2) is 0 Å². The van der Waals surface area contributed by atoms with Crippen LogP contribution in [0.3, 0.4) is 0 Å². The minimum atomic E-state index is 0.288. The summed E-state index contributed by atoms with van der Waals surface area (Å²) in [5, 5.41) is 9.46. The standard InChI is InChI=1S/C10H8N2O/c13-9-5-6-12-8-4-2-1-3-7(8)11-10(9)12/h1-6,11,13H. The average molecular weight is 172 g/mol. The third-order valence-electron chi connectivity index (χ3n) is 2.28. The molecule has 64 valence electrons. The Labute approximate surface area is 74.2 Å². The Morgan fingerprint density at radius 2 is 2.00 bits per heavy atom. The smallest absolute Gasteiger partial charge is 0.158 e. The van der Waals surface area contributed by atoms with Crippen LogP contribution in [0.15, 0.2) is 36.5 Å². The second-order valence-electron chi connectivity index (χ2n) is 3.06. The van der Waals surface area contributed by atoms with Crippen molar-refractivity contribution in [1.29, 1.82) is 0 Å². The molecule has 2 aromatic heterocycles. The predicted molar refractivity (Wildman–Crippen MR) is 50.9 cm³/mol. The summed E-state index contributed by atoms with van der Waals surface area (Å²) in [4.78, 5) is 3.14. The number of H-pyrrole nitrogens is 1. The van der Waals surface area contributed by atoms with Gasteiger partial charge in [0.05, 0.1) is 11.0 Å². The summed E-state index contributed by atoms with van der Waals surface area (Å²) >= 11 is 0. The lowest BCUT2D eigenvalue weighted by Gasteiger charge is -1.87. The largest absolute Gasteiger partial charge is 0.504 e. The van der Waals surface area contributed by atoms with Crippen LogP contribution in [0.2, 0.25) is 0 Å². The van der Waals surface area contributed by atoms with Crippen molar-refractivity contribution >= 4 is 16.7 Å². The van der Waals surface area contributed by atoms with Gasteiger partial charge in [0.25, 0.3) is 0 Å². The molecule has 0 spiro atoms. The van der Waals surface area contributed by atoms with Gasteiger partial charge in [-0.15, -0.1) is 0 Å². The number of para-hydroxylation sites is 2. The molecule has 0 saturated carbocycles. The highest BCUT2D eigenvalue weighted by Crippen LogP contribution is 2.23. The number of aromatic nitrogens is 2. The molecule has 0 aliphatic carbocycles. The third kappa shape index (κ3) is 0.731. The molecule has 0 fully saturated rings. The summed E-state index contributed by atoms with van der Waals surface area (Å²) in [6, 6.07) is 9.63. The highest BCUT2D eigenvalue weighted by atomic mass is 16.3. The molecule has 2 heterocycles. The maximum atomic E-state index is 9.46. The molecule has 3 rings (SSSR count). The Morgan fingerprint density at radius 1 is 1.15 bits per heavy atom. The molecular formula is C10H8N2O. The summed E-state index contributed by atoms with van der Waals surface area (Å²) in [6.07, 6.45) is 1.85. The normalized spacial score (nSPS) is 11.4. The topological polar surface area (TPSA) is 40.4 Å². The monoisotopic (exact) mass is 172 g/mol. The minimum Gasteiger partial charge on any atom is -0.504 e. The lowest BCUT2D eigenvalue weighted by atomic mass is 10.3. The number of nitrogens with zero attached hydrogens (tertiary/aromatic N) is 1. The molecule has 0 saturated heterocycles. The highest BCUT2D eigenvalue weighted by molar-refractivity contribution is 5.82. The second-order valence-corrected chi connectivity index (χ2v) is 3.06. The first kappa shape index (κ1) is 6.60. The number of aromatic hydroxyl groups is 1. The summed E-state index contributed by atoms with van der Waals surface area (Å²) in [5.74, 6) is 0.288. The van der Waals surface area contributed by atoms with Crippen LogP contribution in [-0.4, -0.2) is 14.5 Å². The Kier molecular flexibility index (Phi) is 1.05. The van der Waals surface area contributed by atoms with Gasteiger partial charge >= 0.3 is 0 Å². The summed E-state index contributed by atoms with van der Waals surface area (Å²) in [7, 11) is 0. The number of hydrogen-bond acceptors (Lipinski definition) is 1. The molecule has 0 radical (unpaired) electrons. The second kappa shape index (κ2) is 2.07. The van der Waals surface area contributed by atoms with Crippen molar-refractivity contribution < 1.29 is 5.11 Å². The maximum Gasteiger partial charge on any atom is 0.158 e. The number of hydrogen-bond donors (Lipinski definition) is 2. The van der Waals surface area contributed by atoms with E-state index in [0.717, 1.165) is 16.7 Å². The van der Waals surface area contributed by atoms with Gasteiger partial charge in [0.1, 0.15) is 0 Å². The molecule has 0 amide bonds. The van der Waals surface area contributed by atoms with Crippen LogP contribution < -0.4 is 0 Å². The van der Waals surface area contributed by atoms with Crippen LogP contribution in [0, 0.1) is 0 Å². The van der Waals surface area contributed by atoms with E-state index in [1.165, 1.54) is 0 Å². The molecule has 1 aromatic carbocycles. The van der Waals surface area contributed by atoms with Gasteiger partial charge in [-0.1, -0.05) is 12.1 Å². The van der Waals surface area contributed by atoms with E-state index in [2.05, 4.69) is 4.98 Å². The number of fused-ring (bicyclic) bond motifs is 3. The van der Waals surface area contributed by atoms with Crippen LogP contribution in [0.4, 0.5) is 0 Å². The van der Waals surface area contributed by atoms with Crippen molar-refractivity contribution in [3.63, 3.8) is 0 Å². The summed E-state index contributed by atoms with van der Waals surface area (Å²) < 4.78 is 1.94. The molecule has 3 nitrogen and oxygen atoms in total. The zero-order valence-electron chi connectivity index (χ0n) is 6.86. The van der Waals surface area contributed by atoms with Crippen molar-refractivity contribution in [3.05, 3.63) is 36.5 Å². The van der Waals surface area contributed by atoms with Crippen LogP contribution in [0.25, 0.3) is 16.7 Å². The van der Waals surface area contributed by atoms with Crippen LogP contribution in [0.1, 0.15) is 0 Å². The van der Waals surface area contributed by atoms with E-state index in [0.29, 0.717) is 0 Å². The van der Waals surface area contributed by atoms with E-state index in [-0.39, 0.29) is 5.75 Å². The zero-order chi connectivity index (χ0) is 8.84. The Bertz CT molecular complexity index is 577. The van der Waals surface area contributed by atoms with Gasteiger partial charge in [0, 0.05) is 12.3 Å². The first-order chi connectivity index (χ1) is 6.36. The van der Waals surface area contributed by atoms with Crippen LogP contribution >= 0.6 is 0 Å². The fourth-order valence-corrected chi connectivity index (χ4v) is 1.66. The maximum absolute atomic E-state index is 9.46. The summed E-state index contributed by atoms with van der Waals surface area (Å²) in [6.45, 7) is 0. The van der Waals surface area contributed by atoms with E-state index >= 15 is 0 Å². The van der Waals surface area contributed by atoms with Gasteiger partial charge in [-0.05, 0) is 12.1 Å². The van der Waals surface area contributed by atoms with Crippen molar-refractivity contribution in [2.24, 2.45) is 0 Å². The molecule has 2 N–H and O–H groups in total. The molecule has 0 aliphatic rings. The molecule has 3 aromatic rings. The van der Waals surface area contributed by atoms with E-state index in [1.54, 1.807) is 6.07 Å². The third-order valence-corrected chi connectivity index (χ3v) is 2.28. The number of nitrogens with one attached hydrogen (secondary N) is 1. The first-order valence-corrected chi connectivity index (χ1v) is 4.13. The number of aromatic amines is 1. The Hall–Kier alpha value is -1.90. The summed E-state index contributed by atoms with van der Waals surface area (Å²) in [5.41, 5.74) is 2.87. The highest BCUT2D eigenvalue weighted by Gasteiger charge is 2.05. The molecular weight excluding hydrogens is 164 g/mol. The van der Waals surface area contributed by atoms with E-state index in [4.69, 9.17) is 0 Å². The van der Waals surface area contributed by atoms with Gasteiger partial charge < -0.3 is 10.1 Å². The van der Waals surface area contributed by atoms with Crippen molar-refractivity contribution in [1.82, 2.24) is 9.38 Å². The van der Waals surface area contributed by atoms with Gasteiger partial charge in [0.2, 0.25) is 0 Å². The number of imidazole rings is 1. The van der Waals surface area contributed by atoms with Crippen LogP contribution in [-0.2, 0) is 0 Å². The van der Waals surface area contributed by atoms with Crippen molar-refractivity contribution in [3.8, 4) is 5.75 Å². The molecule has 13 heavy (non-hydrogen) atoms. The molecule has 0 unspecified atom stereocenters. The fraction of sp³-hybridized carbons (Fsp3) is 0. The molecule has 0 bridgehead atoms. The van der Waals surface area contributed by atoms with E-state index < -0.39 is 0 Å². The quantitative estimate of drug-likeness (QED) is 0.535. The lowest BCUT2D eigenvalue weighted by Crippen LogP contribution is -1.73. The van der Waals surface area contributed by atoms with E-state index in [9.17, 15) is 5.11 Å². The van der Waals surface area contributed by atoms with Crippen molar-refractivity contribution in [2.75, 3.05) is 0 Å². The molecule has 0 atom stereocenters. The van der Waals surface area contributed by atoms with Gasteiger partial charge in [0.15, 0.2) is 11.4 Å². The molecule has 0 aliphatic heterocycles. The zero-order valence-corrected chi connectivity index (χ0v) is 6.86. The van der Waals surface area contributed by atoms with Crippen molar-refractivity contribution in [2.45, 2.75) is 0 Å². The molecule has 3 heteroatoms. The number of benzene rings is 1. The Balaban J connectivity index is 2.64. The Morgan fingerprint density at radius 3 is 2.92 bits per heavy atom. The lowest BCUT2D eigenvalue weighted by molar-refractivity contribution is 0.481. The van der Waals surface area contributed by atoms with Gasteiger partial charge in [-0.3, -0.25) is 4.40 Å². The SMILES string of the molecule is Oc1ccn2c1[nH]c1ccccc12. The number of rotatable bonds is 0. The predicted octanol–water partition coefficient (Wildman–Crippen LogP) is 2.13. The van der Waals surface area contributed by atoms with E-state index in [1.807, 2.05) is 34.9 Å². The van der Waals surface area contributed by atoms with Gasteiger partial charge in [-0.2, -0.15) is 0 Å².